The molecule has 2 aromatic rings. The van der Waals surface area contributed by atoms with Gasteiger partial charge in [-0.2, -0.15) is 0 Å². The fourth-order valence-corrected chi connectivity index (χ4v) is 5.18. The Morgan fingerprint density at radius 1 is 1.26 bits per heavy atom. The van der Waals surface area contributed by atoms with E-state index in [4.69, 9.17) is 24.3 Å². The SMILES string of the molecule is C[C@H]1CN([PH](=O)OC[C@@H]2CNC[C@H](n3cnc4c(N)ncnc43)O2)C[C@@H](COP=O)O1. The summed E-state index contributed by atoms with van der Waals surface area (Å²) in [6.07, 6.45) is 1.89. The van der Waals surface area contributed by atoms with E-state index in [-0.39, 0.29) is 37.8 Å². The molecule has 15 heteroatoms. The molecule has 2 aliphatic rings. The van der Waals surface area contributed by atoms with Gasteiger partial charge in [0.2, 0.25) is 0 Å². The van der Waals surface area contributed by atoms with Gasteiger partial charge in [-0.1, -0.05) is 0 Å². The van der Waals surface area contributed by atoms with E-state index in [9.17, 15) is 9.13 Å². The standard InChI is InChI=1S/C16H25N7O6P2/c1-10-4-22(5-12(28-10)6-26-30-24)31(25)27-7-11-2-18-3-13(29-11)23-9-21-14-15(17)19-8-20-16(14)23/h8-13,18,31H,2-7H2,1H3,(H2,17,19,20)/t10-,11-,12-,13+/m0/s1. The van der Waals surface area contributed by atoms with Crippen LogP contribution in [-0.4, -0.2) is 81.9 Å². The molecule has 2 aliphatic heterocycles. The van der Waals surface area contributed by atoms with Crippen LogP contribution in [0.5, 0.6) is 0 Å². The maximum Gasteiger partial charge on any atom is 0.327 e. The molecule has 170 valence electrons. The summed E-state index contributed by atoms with van der Waals surface area (Å²) in [5.74, 6) is 0.309. The van der Waals surface area contributed by atoms with Gasteiger partial charge in [0.25, 0.3) is 8.18 Å². The molecule has 4 rings (SSSR count). The summed E-state index contributed by atoms with van der Waals surface area (Å²) in [6, 6.07) is 0. The predicted octanol–water partition coefficient (Wildman–Crippen LogP) is 0.614. The van der Waals surface area contributed by atoms with Gasteiger partial charge < -0.3 is 25.0 Å². The van der Waals surface area contributed by atoms with Gasteiger partial charge in [0.05, 0.1) is 37.9 Å². The lowest BCUT2D eigenvalue weighted by molar-refractivity contribution is -0.0923. The second kappa shape index (κ2) is 10.4. The molecule has 31 heavy (non-hydrogen) atoms. The van der Waals surface area contributed by atoms with Crippen molar-refractivity contribution in [2.45, 2.75) is 31.5 Å². The van der Waals surface area contributed by atoms with Crippen molar-refractivity contribution in [3.05, 3.63) is 12.7 Å². The maximum absolute atomic E-state index is 12.7. The largest absolute Gasteiger partial charge is 0.382 e. The van der Waals surface area contributed by atoms with Crippen LogP contribution in [-0.2, 0) is 27.7 Å². The second-order valence-electron chi connectivity index (χ2n) is 7.37. The number of aromatic nitrogens is 4. The first-order valence-corrected chi connectivity index (χ1v) is 11.9. The van der Waals surface area contributed by atoms with Crippen molar-refractivity contribution in [1.29, 1.82) is 0 Å². The summed E-state index contributed by atoms with van der Waals surface area (Å²) in [6.45, 7) is 4.19. The quantitative estimate of drug-likeness (QED) is 0.516. The molecular weight excluding hydrogens is 448 g/mol. The van der Waals surface area contributed by atoms with Crippen LogP contribution in [0.2, 0.25) is 0 Å². The Kier molecular flexibility index (Phi) is 7.57. The fourth-order valence-electron chi connectivity index (χ4n) is 3.68. The van der Waals surface area contributed by atoms with Gasteiger partial charge in [0, 0.05) is 26.2 Å². The smallest absolute Gasteiger partial charge is 0.327 e. The highest BCUT2D eigenvalue weighted by molar-refractivity contribution is 7.36. The Morgan fingerprint density at radius 3 is 2.97 bits per heavy atom. The average molecular weight is 473 g/mol. The number of nitrogens with two attached hydrogens (primary N) is 1. The van der Waals surface area contributed by atoms with E-state index in [2.05, 4.69) is 20.3 Å². The molecule has 0 amide bonds. The van der Waals surface area contributed by atoms with Crippen LogP contribution >= 0.6 is 16.9 Å². The summed E-state index contributed by atoms with van der Waals surface area (Å²) >= 11 is 0. The minimum Gasteiger partial charge on any atom is -0.382 e. The average Bonchev–Trinajstić information content (AvgIpc) is 3.21. The predicted molar refractivity (Wildman–Crippen MR) is 111 cm³/mol. The van der Waals surface area contributed by atoms with Crippen LogP contribution < -0.4 is 11.1 Å². The Bertz CT molecular complexity index is 933. The van der Waals surface area contributed by atoms with Crippen LogP contribution in [0.1, 0.15) is 13.2 Å². The Hall–Kier alpha value is -1.56. The lowest BCUT2D eigenvalue weighted by atomic mass is 10.2. The molecule has 5 atom stereocenters. The van der Waals surface area contributed by atoms with E-state index in [1.54, 1.807) is 15.6 Å². The molecule has 2 saturated heterocycles. The Morgan fingerprint density at radius 2 is 2.13 bits per heavy atom. The summed E-state index contributed by atoms with van der Waals surface area (Å²) in [4.78, 5) is 12.5. The number of nitrogens with zero attached hydrogens (tertiary/aromatic N) is 5. The first kappa shape index (κ1) is 22.6. The lowest BCUT2D eigenvalue weighted by Crippen LogP contribution is -2.46. The van der Waals surface area contributed by atoms with Gasteiger partial charge >= 0.3 is 8.69 Å². The van der Waals surface area contributed by atoms with Gasteiger partial charge in [0.1, 0.15) is 18.1 Å². The molecule has 2 fully saturated rings. The third kappa shape index (κ3) is 5.44. The van der Waals surface area contributed by atoms with Crippen molar-refractivity contribution >= 4 is 33.8 Å². The van der Waals surface area contributed by atoms with Gasteiger partial charge in [-0.15, -0.1) is 0 Å². The van der Waals surface area contributed by atoms with E-state index in [1.807, 2.05) is 6.92 Å². The number of rotatable bonds is 8. The minimum atomic E-state index is -2.49. The molecular formula is C16H25N7O6P2. The molecule has 1 unspecified atom stereocenters. The second-order valence-corrected chi connectivity index (χ2v) is 9.24. The number of imidazole rings is 1. The highest BCUT2D eigenvalue weighted by Crippen LogP contribution is 2.33. The van der Waals surface area contributed by atoms with E-state index in [0.29, 0.717) is 43.2 Å². The number of nitrogen functional groups attached to an aromatic ring is 1. The summed E-state index contributed by atoms with van der Waals surface area (Å²) in [5, 5.41) is 3.29. The normalized spacial score (nSPS) is 28.8. The molecule has 13 nitrogen and oxygen atoms in total. The molecule has 4 heterocycles. The van der Waals surface area contributed by atoms with Crippen LogP contribution in [0.15, 0.2) is 12.7 Å². The molecule has 0 aromatic carbocycles. The number of hydrogen-bond acceptors (Lipinski definition) is 11. The van der Waals surface area contributed by atoms with Crippen molar-refractivity contribution in [3.63, 3.8) is 0 Å². The van der Waals surface area contributed by atoms with Gasteiger partial charge in [-0.05, 0) is 6.92 Å². The first-order valence-electron chi connectivity index (χ1n) is 9.86. The molecule has 2 aromatic heterocycles. The molecule has 0 bridgehead atoms. The van der Waals surface area contributed by atoms with Gasteiger partial charge in [0.15, 0.2) is 11.5 Å². The van der Waals surface area contributed by atoms with Crippen molar-refractivity contribution in [3.8, 4) is 0 Å². The van der Waals surface area contributed by atoms with Gasteiger partial charge in [-0.3, -0.25) is 13.7 Å². The molecule has 0 saturated carbocycles. The maximum atomic E-state index is 12.7. The number of morpholine rings is 2. The summed E-state index contributed by atoms with van der Waals surface area (Å²) in [7, 11) is -2.89. The lowest BCUT2D eigenvalue weighted by Gasteiger charge is -2.36. The van der Waals surface area contributed by atoms with E-state index < -0.39 is 16.9 Å². The topological polar surface area (TPSA) is 156 Å². The zero-order chi connectivity index (χ0) is 21.8. The minimum absolute atomic E-state index is 0.135. The number of nitrogens with one attached hydrogen (secondary N) is 1. The number of anilines is 1. The van der Waals surface area contributed by atoms with E-state index in [1.165, 1.54) is 6.33 Å². The van der Waals surface area contributed by atoms with E-state index in [0.717, 1.165) is 0 Å². The fraction of sp³-hybridized carbons (Fsp3) is 0.688. The van der Waals surface area contributed by atoms with Crippen molar-refractivity contribution in [1.82, 2.24) is 29.5 Å². The zero-order valence-electron chi connectivity index (χ0n) is 16.9. The Balaban J connectivity index is 1.33. The van der Waals surface area contributed by atoms with Crippen molar-refractivity contribution < 1.29 is 27.7 Å². The highest BCUT2D eigenvalue weighted by atomic mass is 31.1. The zero-order valence-corrected chi connectivity index (χ0v) is 18.8. The molecule has 0 aliphatic carbocycles. The van der Waals surface area contributed by atoms with Crippen LogP contribution in [0.3, 0.4) is 0 Å². The molecule has 3 N–H and O–H groups in total. The third-order valence-corrected chi connectivity index (χ3v) is 6.58. The monoisotopic (exact) mass is 473 g/mol. The van der Waals surface area contributed by atoms with E-state index >= 15 is 0 Å². The third-order valence-electron chi connectivity index (χ3n) is 5.03. The van der Waals surface area contributed by atoms with Crippen molar-refractivity contribution in [2.75, 3.05) is 45.1 Å². The summed E-state index contributed by atoms with van der Waals surface area (Å²) < 4.78 is 49.2. The first-order chi connectivity index (χ1) is 15.0. The van der Waals surface area contributed by atoms with Crippen molar-refractivity contribution in [2.24, 2.45) is 0 Å². The van der Waals surface area contributed by atoms with Gasteiger partial charge in [-0.25, -0.2) is 24.2 Å². The van der Waals surface area contributed by atoms with Crippen LogP contribution in [0.4, 0.5) is 5.82 Å². The number of hydrogen-bond donors (Lipinski definition) is 2. The van der Waals surface area contributed by atoms with Crippen LogP contribution in [0.25, 0.3) is 11.2 Å². The van der Waals surface area contributed by atoms with Crippen LogP contribution in [0, 0.1) is 0 Å². The number of ether oxygens (including phenoxy) is 2. The highest BCUT2D eigenvalue weighted by Gasteiger charge is 2.30. The number of fused-ring (bicyclic) bond motifs is 1. The molecule has 0 spiro atoms. The Labute approximate surface area is 180 Å². The molecule has 0 radical (unpaired) electrons. The summed E-state index contributed by atoms with van der Waals surface area (Å²) in [5.41, 5.74) is 6.96.